The van der Waals surface area contributed by atoms with E-state index in [9.17, 15) is 9.59 Å². The van der Waals surface area contributed by atoms with Crippen LogP contribution in [-0.4, -0.2) is 54.8 Å². The predicted molar refractivity (Wildman–Crippen MR) is 136 cm³/mol. The fourth-order valence-electron chi connectivity index (χ4n) is 4.06. The van der Waals surface area contributed by atoms with E-state index in [1.54, 1.807) is 30.5 Å². The molecule has 1 aromatic heterocycles. The van der Waals surface area contributed by atoms with Gasteiger partial charge in [-0.05, 0) is 49.6 Å². The van der Waals surface area contributed by atoms with E-state index in [2.05, 4.69) is 20.2 Å². The Morgan fingerprint density at radius 3 is 2.61 bits per heavy atom. The van der Waals surface area contributed by atoms with Crippen molar-refractivity contribution in [3.05, 3.63) is 72.1 Å². The van der Waals surface area contributed by atoms with Crippen LogP contribution in [0.15, 0.2) is 60.9 Å². The molecule has 1 aliphatic heterocycles. The van der Waals surface area contributed by atoms with Crippen LogP contribution in [0, 0.1) is 0 Å². The molecule has 3 aromatic rings. The van der Waals surface area contributed by atoms with Crippen LogP contribution in [-0.2, 0) is 16.0 Å². The number of amides is 1. The van der Waals surface area contributed by atoms with Crippen LogP contribution in [0.4, 0.5) is 11.6 Å². The third kappa shape index (κ3) is 6.50. The summed E-state index contributed by atoms with van der Waals surface area (Å²) in [7, 11) is 1.33. The maximum Gasteiger partial charge on any atom is 0.337 e. The van der Waals surface area contributed by atoms with Crippen LogP contribution < -0.4 is 19.7 Å². The predicted octanol–water partition coefficient (Wildman–Crippen LogP) is 3.89. The minimum atomic E-state index is -0.415. The van der Waals surface area contributed by atoms with E-state index in [1.807, 2.05) is 31.2 Å². The van der Waals surface area contributed by atoms with Gasteiger partial charge >= 0.3 is 5.97 Å². The SMILES string of the molecule is CCOc1ccccc1OC1CCCN(c2cncc(NC(=O)Cc3ccc(C(=O)OC)cc3)n2)C1. The lowest BCUT2D eigenvalue weighted by molar-refractivity contribution is -0.115. The average molecular weight is 491 g/mol. The van der Waals surface area contributed by atoms with Crippen LogP contribution in [0.2, 0.25) is 0 Å². The normalized spacial score (nSPS) is 15.2. The first-order valence-electron chi connectivity index (χ1n) is 12.0. The zero-order chi connectivity index (χ0) is 25.3. The van der Waals surface area contributed by atoms with Gasteiger partial charge in [0, 0.05) is 6.54 Å². The summed E-state index contributed by atoms with van der Waals surface area (Å²) in [6.07, 6.45) is 5.21. The van der Waals surface area contributed by atoms with E-state index >= 15 is 0 Å². The Morgan fingerprint density at radius 1 is 1.08 bits per heavy atom. The summed E-state index contributed by atoms with van der Waals surface area (Å²) >= 11 is 0. The number of piperidine rings is 1. The molecule has 0 saturated carbocycles. The Labute approximate surface area is 210 Å². The quantitative estimate of drug-likeness (QED) is 0.451. The van der Waals surface area contributed by atoms with Crippen molar-refractivity contribution < 1.29 is 23.8 Å². The lowest BCUT2D eigenvalue weighted by Crippen LogP contribution is -2.41. The molecule has 2 aromatic carbocycles. The van der Waals surface area contributed by atoms with E-state index in [0.29, 0.717) is 30.4 Å². The molecule has 1 saturated heterocycles. The highest BCUT2D eigenvalue weighted by Gasteiger charge is 2.24. The number of hydrogen-bond donors (Lipinski definition) is 1. The standard InChI is InChI=1S/C27H30N4O5/c1-3-35-22-8-4-5-9-23(22)36-21-7-6-14-31(18-21)25-17-28-16-24(29-25)30-26(32)15-19-10-12-20(13-11-19)27(33)34-2/h4-5,8-13,16-17,21H,3,6-7,14-15,18H2,1-2H3,(H,29,30,32). The Balaban J connectivity index is 1.36. The van der Waals surface area contributed by atoms with Crippen molar-refractivity contribution in [2.45, 2.75) is 32.3 Å². The molecule has 1 aliphatic rings. The minimum absolute atomic E-state index is 0.0200. The second-order valence-electron chi connectivity index (χ2n) is 8.38. The maximum absolute atomic E-state index is 12.6. The van der Waals surface area contributed by atoms with E-state index in [1.165, 1.54) is 13.3 Å². The van der Waals surface area contributed by atoms with E-state index in [0.717, 1.165) is 36.4 Å². The van der Waals surface area contributed by atoms with Crippen LogP contribution in [0.1, 0.15) is 35.7 Å². The third-order valence-electron chi connectivity index (χ3n) is 5.77. The number of hydrogen-bond acceptors (Lipinski definition) is 8. The van der Waals surface area contributed by atoms with E-state index < -0.39 is 5.97 Å². The Kier molecular flexibility index (Phi) is 8.33. The van der Waals surface area contributed by atoms with Gasteiger partial charge in [-0.3, -0.25) is 9.78 Å². The topological polar surface area (TPSA) is 103 Å². The number of ether oxygens (including phenoxy) is 3. The lowest BCUT2D eigenvalue weighted by atomic mass is 10.1. The number of esters is 1. The summed E-state index contributed by atoms with van der Waals surface area (Å²) in [6.45, 7) is 4.00. The van der Waals surface area contributed by atoms with Gasteiger partial charge in [0.25, 0.3) is 0 Å². The van der Waals surface area contributed by atoms with Crippen molar-refractivity contribution in [2.24, 2.45) is 0 Å². The van der Waals surface area contributed by atoms with Gasteiger partial charge in [-0.2, -0.15) is 0 Å². The lowest BCUT2D eigenvalue weighted by Gasteiger charge is -2.33. The van der Waals surface area contributed by atoms with Gasteiger partial charge in [-0.15, -0.1) is 0 Å². The molecule has 0 spiro atoms. The van der Waals surface area contributed by atoms with E-state index in [-0.39, 0.29) is 18.4 Å². The first kappa shape index (κ1) is 25.0. The first-order chi connectivity index (χ1) is 17.6. The average Bonchev–Trinajstić information content (AvgIpc) is 2.90. The van der Waals surface area contributed by atoms with Crippen LogP contribution in [0.5, 0.6) is 11.5 Å². The van der Waals surface area contributed by atoms with Crippen LogP contribution in [0.3, 0.4) is 0 Å². The molecule has 0 bridgehead atoms. The summed E-state index contributed by atoms with van der Waals surface area (Å²) in [5.41, 5.74) is 1.21. The van der Waals surface area contributed by atoms with Crippen molar-refractivity contribution in [2.75, 3.05) is 37.0 Å². The Bertz CT molecular complexity index is 1180. The van der Waals surface area contributed by atoms with Crippen molar-refractivity contribution in [3.8, 4) is 11.5 Å². The molecule has 1 unspecified atom stereocenters. The number of aromatic nitrogens is 2. The van der Waals surface area contributed by atoms with Gasteiger partial charge in [0.15, 0.2) is 17.3 Å². The number of anilines is 2. The van der Waals surface area contributed by atoms with Crippen molar-refractivity contribution in [1.82, 2.24) is 9.97 Å². The molecule has 1 atom stereocenters. The number of rotatable bonds is 9. The van der Waals surface area contributed by atoms with Gasteiger partial charge in [-0.25, -0.2) is 9.78 Å². The molecule has 36 heavy (non-hydrogen) atoms. The number of nitrogens with one attached hydrogen (secondary N) is 1. The van der Waals surface area contributed by atoms with Gasteiger partial charge in [0.2, 0.25) is 5.91 Å². The fourth-order valence-corrected chi connectivity index (χ4v) is 4.06. The van der Waals surface area contributed by atoms with Gasteiger partial charge in [0.1, 0.15) is 11.9 Å². The van der Waals surface area contributed by atoms with Crippen molar-refractivity contribution in [1.29, 1.82) is 0 Å². The molecule has 2 heterocycles. The monoisotopic (exact) mass is 490 g/mol. The number of para-hydroxylation sites is 2. The number of nitrogens with zero attached hydrogens (tertiary/aromatic N) is 3. The Hall–Kier alpha value is -4.14. The minimum Gasteiger partial charge on any atom is -0.490 e. The van der Waals surface area contributed by atoms with Gasteiger partial charge < -0.3 is 24.4 Å². The molecule has 1 amide bonds. The highest BCUT2D eigenvalue weighted by molar-refractivity contribution is 5.92. The number of carbonyl (C=O) groups is 2. The van der Waals surface area contributed by atoms with Gasteiger partial charge in [-0.1, -0.05) is 24.3 Å². The summed E-state index contributed by atoms with van der Waals surface area (Å²) in [6, 6.07) is 14.4. The second kappa shape index (κ2) is 12.0. The first-order valence-corrected chi connectivity index (χ1v) is 12.0. The molecule has 4 rings (SSSR count). The molecular formula is C27H30N4O5. The summed E-state index contributed by atoms with van der Waals surface area (Å²) in [5.74, 6) is 1.90. The second-order valence-corrected chi connectivity index (χ2v) is 8.38. The highest BCUT2D eigenvalue weighted by Crippen LogP contribution is 2.30. The largest absolute Gasteiger partial charge is 0.490 e. The van der Waals surface area contributed by atoms with Crippen molar-refractivity contribution in [3.63, 3.8) is 0 Å². The summed E-state index contributed by atoms with van der Waals surface area (Å²) in [5, 5.41) is 2.81. The molecule has 188 valence electrons. The zero-order valence-electron chi connectivity index (χ0n) is 20.5. The molecule has 1 fully saturated rings. The number of carbonyl (C=O) groups excluding carboxylic acids is 2. The number of benzene rings is 2. The third-order valence-corrected chi connectivity index (χ3v) is 5.77. The van der Waals surface area contributed by atoms with Gasteiger partial charge in [0.05, 0.1) is 44.6 Å². The number of methoxy groups -OCH3 is 1. The molecule has 1 N–H and O–H groups in total. The highest BCUT2D eigenvalue weighted by atomic mass is 16.5. The maximum atomic E-state index is 12.6. The summed E-state index contributed by atoms with van der Waals surface area (Å²) in [4.78, 5) is 35.1. The molecule has 0 aliphatic carbocycles. The van der Waals surface area contributed by atoms with Crippen molar-refractivity contribution >= 4 is 23.5 Å². The smallest absolute Gasteiger partial charge is 0.337 e. The Morgan fingerprint density at radius 2 is 1.86 bits per heavy atom. The fraction of sp³-hybridized carbons (Fsp3) is 0.333. The van der Waals surface area contributed by atoms with Crippen LogP contribution >= 0.6 is 0 Å². The molecule has 0 radical (unpaired) electrons. The zero-order valence-corrected chi connectivity index (χ0v) is 20.5. The molecule has 9 nitrogen and oxygen atoms in total. The van der Waals surface area contributed by atoms with E-state index in [4.69, 9.17) is 14.2 Å². The molecular weight excluding hydrogens is 460 g/mol. The molecule has 9 heteroatoms. The summed E-state index contributed by atoms with van der Waals surface area (Å²) < 4.78 is 16.7. The van der Waals surface area contributed by atoms with Crippen LogP contribution in [0.25, 0.3) is 0 Å².